The number of hydrogen-bond acceptors (Lipinski definition) is 4. The lowest BCUT2D eigenvalue weighted by Crippen LogP contribution is -2.25. The molecule has 26 heavy (non-hydrogen) atoms. The summed E-state index contributed by atoms with van der Waals surface area (Å²) in [5.74, 6) is 0.443. The van der Waals surface area contributed by atoms with Crippen LogP contribution >= 0.6 is 11.6 Å². The van der Waals surface area contributed by atoms with Crippen molar-refractivity contribution in [2.75, 3.05) is 14.2 Å². The molecule has 1 aliphatic rings. The second-order valence-electron chi connectivity index (χ2n) is 5.66. The normalized spacial score (nSPS) is 15.3. The summed E-state index contributed by atoms with van der Waals surface area (Å²) >= 11 is 6.34. The van der Waals surface area contributed by atoms with E-state index in [1.165, 1.54) is 14.2 Å². The highest BCUT2D eigenvalue weighted by Crippen LogP contribution is 2.37. The molecule has 2 aromatic carbocycles. The molecule has 0 radical (unpaired) electrons. The average molecular weight is 373 g/mol. The molecule has 0 saturated carbocycles. The van der Waals surface area contributed by atoms with Crippen molar-refractivity contribution < 1.29 is 19.1 Å². The maximum atomic E-state index is 12.0. The van der Waals surface area contributed by atoms with Gasteiger partial charge in [-0.15, -0.1) is 0 Å². The summed E-state index contributed by atoms with van der Waals surface area (Å²) in [5, 5.41) is 2.85. The van der Waals surface area contributed by atoms with E-state index < -0.39 is 11.9 Å². The Hall–Kier alpha value is -2.99. The molecule has 7 heteroatoms. The van der Waals surface area contributed by atoms with Crippen LogP contribution in [0.5, 0.6) is 11.5 Å². The summed E-state index contributed by atoms with van der Waals surface area (Å²) in [6, 6.07) is 12.6. The van der Waals surface area contributed by atoms with Crippen LogP contribution in [-0.4, -0.2) is 31.0 Å². The molecular weight excluding hydrogens is 356 g/mol. The minimum absolute atomic E-state index is 0.175. The molecule has 3 rings (SSSR count). The standard InChI is InChI=1S/C19H17ClN2O4/c1-22-18(23)15(21-19(22)24)9-13-8-14(20)17(16(10-13)25-2)26-11-12-6-4-3-5-7-12/h3-10H,11H2,1-2H3,(H,21,24)/b15-9+. The van der Waals surface area contributed by atoms with Crippen LogP contribution < -0.4 is 14.8 Å². The van der Waals surface area contributed by atoms with Gasteiger partial charge >= 0.3 is 6.03 Å². The number of carbonyl (C=O) groups excluding carboxylic acids is 2. The molecule has 1 aliphatic heterocycles. The van der Waals surface area contributed by atoms with Gasteiger partial charge in [-0.05, 0) is 29.3 Å². The number of nitrogens with zero attached hydrogens (tertiary/aromatic N) is 1. The molecular formula is C19H17ClN2O4. The van der Waals surface area contributed by atoms with Crippen molar-refractivity contribution in [2.24, 2.45) is 0 Å². The molecule has 1 N–H and O–H groups in total. The van der Waals surface area contributed by atoms with Gasteiger partial charge < -0.3 is 14.8 Å². The van der Waals surface area contributed by atoms with Crippen LogP contribution in [0.25, 0.3) is 6.08 Å². The molecule has 0 aliphatic carbocycles. The minimum Gasteiger partial charge on any atom is -0.493 e. The Morgan fingerprint density at radius 3 is 2.54 bits per heavy atom. The molecule has 1 saturated heterocycles. The van der Waals surface area contributed by atoms with Gasteiger partial charge in [0.25, 0.3) is 5.91 Å². The van der Waals surface area contributed by atoms with E-state index >= 15 is 0 Å². The van der Waals surface area contributed by atoms with Crippen LogP contribution in [0.1, 0.15) is 11.1 Å². The number of urea groups is 1. The number of methoxy groups -OCH3 is 1. The van der Waals surface area contributed by atoms with Crippen LogP contribution in [0.2, 0.25) is 5.02 Å². The van der Waals surface area contributed by atoms with Gasteiger partial charge in [-0.2, -0.15) is 0 Å². The number of hydrogen-bond donors (Lipinski definition) is 1. The van der Waals surface area contributed by atoms with Crippen molar-refractivity contribution in [3.8, 4) is 11.5 Å². The summed E-state index contributed by atoms with van der Waals surface area (Å²) in [5.41, 5.74) is 1.78. The van der Waals surface area contributed by atoms with E-state index in [1.807, 2.05) is 30.3 Å². The van der Waals surface area contributed by atoms with E-state index in [4.69, 9.17) is 21.1 Å². The number of carbonyl (C=O) groups is 2. The first-order valence-corrected chi connectivity index (χ1v) is 8.22. The van der Waals surface area contributed by atoms with Crippen LogP contribution in [0.15, 0.2) is 48.2 Å². The molecule has 3 amide bonds. The van der Waals surface area contributed by atoms with Gasteiger partial charge in [0.05, 0.1) is 12.1 Å². The highest BCUT2D eigenvalue weighted by atomic mass is 35.5. The molecule has 134 valence electrons. The van der Waals surface area contributed by atoms with Crippen molar-refractivity contribution in [3.05, 3.63) is 64.3 Å². The Morgan fingerprint density at radius 1 is 1.19 bits per heavy atom. The Morgan fingerprint density at radius 2 is 1.92 bits per heavy atom. The van der Waals surface area contributed by atoms with Gasteiger partial charge in [0.2, 0.25) is 0 Å². The van der Waals surface area contributed by atoms with Crippen LogP contribution in [-0.2, 0) is 11.4 Å². The Bertz CT molecular complexity index is 881. The SMILES string of the molecule is COc1cc(/C=C2/NC(=O)N(C)C2=O)cc(Cl)c1OCc1ccccc1. The first-order valence-electron chi connectivity index (χ1n) is 7.84. The number of halogens is 1. The minimum atomic E-state index is -0.470. The van der Waals surface area contributed by atoms with E-state index in [0.29, 0.717) is 28.7 Å². The first kappa shape index (κ1) is 17.8. The fourth-order valence-electron chi connectivity index (χ4n) is 2.48. The number of amides is 3. The van der Waals surface area contributed by atoms with Crippen molar-refractivity contribution in [3.63, 3.8) is 0 Å². The number of nitrogens with one attached hydrogen (secondary N) is 1. The topological polar surface area (TPSA) is 67.9 Å². The van der Waals surface area contributed by atoms with E-state index in [9.17, 15) is 9.59 Å². The van der Waals surface area contributed by atoms with Gasteiger partial charge in [0.15, 0.2) is 11.5 Å². The molecule has 1 heterocycles. The molecule has 0 atom stereocenters. The monoisotopic (exact) mass is 372 g/mol. The van der Waals surface area contributed by atoms with Crippen molar-refractivity contribution in [1.29, 1.82) is 0 Å². The third-order valence-electron chi connectivity index (χ3n) is 3.87. The zero-order chi connectivity index (χ0) is 18.7. The second kappa shape index (κ2) is 7.49. The van der Waals surface area contributed by atoms with E-state index in [1.54, 1.807) is 18.2 Å². The molecule has 0 aromatic heterocycles. The summed E-state index contributed by atoms with van der Waals surface area (Å²) in [4.78, 5) is 24.5. The smallest absolute Gasteiger partial charge is 0.328 e. The number of ether oxygens (including phenoxy) is 2. The zero-order valence-corrected chi connectivity index (χ0v) is 15.0. The van der Waals surface area contributed by atoms with Crippen LogP contribution in [0.3, 0.4) is 0 Å². The van der Waals surface area contributed by atoms with Crippen LogP contribution in [0.4, 0.5) is 4.79 Å². The maximum Gasteiger partial charge on any atom is 0.328 e. The quantitative estimate of drug-likeness (QED) is 0.644. The van der Waals surface area contributed by atoms with E-state index in [-0.39, 0.29) is 5.70 Å². The van der Waals surface area contributed by atoms with Crippen molar-refractivity contribution in [1.82, 2.24) is 10.2 Å². The lowest BCUT2D eigenvalue weighted by molar-refractivity contribution is -0.121. The number of benzene rings is 2. The lowest BCUT2D eigenvalue weighted by atomic mass is 10.1. The van der Waals surface area contributed by atoms with Gasteiger partial charge in [-0.1, -0.05) is 41.9 Å². The second-order valence-corrected chi connectivity index (χ2v) is 6.07. The Labute approximate surface area is 156 Å². The highest BCUT2D eigenvalue weighted by Gasteiger charge is 2.30. The number of imide groups is 1. The molecule has 0 spiro atoms. The summed E-state index contributed by atoms with van der Waals surface area (Å²) in [7, 11) is 2.92. The third-order valence-corrected chi connectivity index (χ3v) is 4.15. The van der Waals surface area contributed by atoms with Gasteiger partial charge in [0.1, 0.15) is 12.3 Å². The lowest BCUT2D eigenvalue weighted by Gasteiger charge is -2.13. The van der Waals surface area contributed by atoms with E-state index in [2.05, 4.69) is 5.32 Å². The zero-order valence-electron chi connectivity index (χ0n) is 14.3. The predicted octanol–water partition coefficient (Wildman–Crippen LogP) is 3.45. The number of likely N-dealkylation sites (N-methyl/N-ethyl adjacent to an activating group) is 1. The first-order chi connectivity index (χ1) is 12.5. The summed E-state index contributed by atoms with van der Waals surface area (Å²) in [6.07, 6.45) is 1.54. The fraction of sp³-hybridized carbons (Fsp3) is 0.158. The number of rotatable bonds is 5. The molecule has 1 fully saturated rings. The van der Waals surface area contributed by atoms with Gasteiger partial charge in [-0.25, -0.2) is 4.79 Å². The van der Waals surface area contributed by atoms with Gasteiger partial charge in [-0.3, -0.25) is 9.69 Å². The van der Waals surface area contributed by atoms with Crippen molar-refractivity contribution in [2.45, 2.75) is 6.61 Å². The maximum absolute atomic E-state index is 12.0. The van der Waals surface area contributed by atoms with Crippen molar-refractivity contribution >= 4 is 29.6 Å². The van der Waals surface area contributed by atoms with E-state index in [0.717, 1.165) is 10.5 Å². The largest absolute Gasteiger partial charge is 0.493 e. The fourth-order valence-corrected chi connectivity index (χ4v) is 2.76. The van der Waals surface area contributed by atoms with Crippen LogP contribution in [0, 0.1) is 0 Å². The predicted molar refractivity (Wildman–Crippen MR) is 98.1 cm³/mol. The average Bonchev–Trinajstić information content (AvgIpc) is 2.88. The van der Waals surface area contributed by atoms with Gasteiger partial charge in [0, 0.05) is 7.05 Å². The molecule has 6 nitrogen and oxygen atoms in total. The summed E-state index contributed by atoms with van der Waals surface area (Å²) < 4.78 is 11.2. The molecule has 0 bridgehead atoms. The Kier molecular flexibility index (Phi) is 5.14. The molecule has 2 aromatic rings. The summed E-state index contributed by atoms with van der Waals surface area (Å²) in [6.45, 7) is 0.344. The highest BCUT2D eigenvalue weighted by molar-refractivity contribution is 6.32. The molecule has 0 unspecified atom stereocenters. The third kappa shape index (κ3) is 3.65. The Balaban J connectivity index is 1.86.